The standard InChI is InChI=1S/C30H26F3N3O7S/c1-3-42-28(40)20-8-12-22(13-9-20)36-26(38)24(16-25(37)34-21-10-6-19(7-11-21)27(39)41-2)35(29(36)44)17-18-4-14-23(15-5-18)43-30(31,32)33/h4-15,24H,3,16-17H2,1-2H3,(H,34,37)/t24-/m1/s1. The summed E-state index contributed by atoms with van der Waals surface area (Å²) < 4.78 is 51.4. The summed E-state index contributed by atoms with van der Waals surface area (Å²) in [5, 5.41) is 2.73. The molecule has 1 aliphatic rings. The Morgan fingerprint density at radius 2 is 1.50 bits per heavy atom. The monoisotopic (exact) mass is 629 g/mol. The van der Waals surface area contributed by atoms with Gasteiger partial charge in [-0.05, 0) is 85.4 Å². The molecule has 0 unspecified atom stereocenters. The summed E-state index contributed by atoms with van der Waals surface area (Å²) in [6.07, 6.45) is -5.18. The SMILES string of the molecule is CCOC(=O)c1ccc(N2C(=O)[C@@H](CC(=O)Nc3ccc(C(=O)OC)cc3)N(Cc3ccc(OC(F)(F)F)cc3)C2=S)cc1. The number of benzene rings is 3. The number of rotatable bonds is 10. The van der Waals surface area contributed by atoms with Crippen molar-refractivity contribution in [1.29, 1.82) is 0 Å². The molecule has 0 aliphatic carbocycles. The molecule has 0 aromatic heterocycles. The van der Waals surface area contributed by atoms with Crippen molar-refractivity contribution in [2.24, 2.45) is 0 Å². The predicted octanol–water partition coefficient (Wildman–Crippen LogP) is 5.08. The third kappa shape index (κ3) is 7.69. The van der Waals surface area contributed by atoms with E-state index in [2.05, 4.69) is 14.8 Å². The molecule has 0 radical (unpaired) electrons. The fraction of sp³-hybridized carbons (Fsp3) is 0.233. The molecule has 1 aliphatic heterocycles. The zero-order valence-corrected chi connectivity index (χ0v) is 24.2. The number of amides is 2. The van der Waals surface area contributed by atoms with Gasteiger partial charge in [-0.15, -0.1) is 13.2 Å². The summed E-state index contributed by atoms with van der Waals surface area (Å²) in [4.78, 5) is 53.3. The maximum absolute atomic E-state index is 13.7. The second-order valence-electron chi connectivity index (χ2n) is 9.38. The number of halogens is 3. The summed E-state index contributed by atoms with van der Waals surface area (Å²) in [5.74, 6) is -2.55. The average Bonchev–Trinajstić information content (AvgIpc) is 3.21. The summed E-state index contributed by atoms with van der Waals surface area (Å²) in [6.45, 7) is 1.85. The van der Waals surface area contributed by atoms with Crippen LogP contribution in [0.1, 0.15) is 39.6 Å². The van der Waals surface area contributed by atoms with Crippen LogP contribution >= 0.6 is 12.2 Å². The second-order valence-corrected chi connectivity index (χ2v) is 9.75. The molecule has 3 aromatic carbocycles. The van der Waals surface area contributed by atoms with E-state index in [0.717, 1.165) is 12.1 Å². The Labute approximate surface area is 255 Å². The van der Waals surface area contributed by atoms with Gasteiger partial charge in [0.1, 0.15) is 11.8 Å². The van der Waals surface area contributed by atoms with Crippen LogP contribution < -0.4 is 15.0 Å². The summed E-state index contributed by atoms with van der Waals surface area (Å²) in [7, 11) is 1.25. The van der Waals surface area contributed by atoms with Gasteiger partial charge in [0.25, 0.3) is 5.91 Å². The molecular formula is C30H26F3N3O7S. The van der Waals surface area contributed by atoms with Crippen LogP contribution in [0, 0.1) is 0 Å². The molecule has 1 N–H and O–H groups in total. The second kappa shape index (κ2) is 13.5. The highest BCUT2D eigenvalue weighted by Crippen LogP contribution is 2.30. The van der Waals surface area contributed by atoms with Gasteiger partial charge in [0.15, 0.2) is 5.11 Å². The van der Waals surface area contributed by atoms with Gasteiger partial charge in [0.2, 0.25) is 5.91 Å². The lowest BCUT2D eigenvalue weighted by Crippen LogP contribution is -2.37. The molecular weight excluding hydrogens is 603 g/mol. The highest BCUT2D eigenvalue weighted by Gasteiger charge is 2.44. The number of carbonyl (C=O) groups excluding carboxylic acids is 4. The number of thiocarbonyl (C=S) groups is 1. The first-order valence-electron chi connectivity index (χ1n) is 13.1. The predicted molar refractivity (Wildman–Crippen MR) is 156 cm³/mol. The Balaban J connectivity index is 1.57. The molecule has 1 fully saturated rings. The first-order valence-corrected chi connectivity index (χ1v) is 13.6. The number of nitrogens with one attached hydrogen (secondary N) is 1. The minimum Gasteiger partial charge on any atom is -0.465 e. The number of methoxy groups -OCH3 is 1. The number of hydrogen-bond acceptors (Lipinski definition) is 8. The maximum Gasteiger partial charge on any atom is 0.573 e. The highest BCUT2D eigenvalue weighted by molar-refractivity contribution is 7.80. The first-order chi connectivity index (χ1) is 20.9. The molecule has 0 bridgehead atoms. The van der Waals surface area contributed by atoms with Gasteiger partial charge in [-0.25, -0.2) is 9.59 Å². The Morgan fingerprint density at radius 1 is 0.909 bits per heavy atom. The maximum atomic E-state index is 13.7. The Bertz CT molecular complexity index is 1550. The summed E-state index contributed by atoms with van der Waals surface area (Å²) in [5.41, 5.74) is 1.75. The van der Waals surface area contributed by atoms with E-state index < -0.39 is 41.9 Å². The van der Waals surface area contributed by atoms with E-state index in [0.29, 0.717) is 16.9 Å². The molecule has 14 heteroatoms. The van der Waals surface area contributed by atoms with Gasteiger partial charge in [-0.1, -0.05) is 12.1 Å². The van der Waals surface area contributed by atoms with E-state index in [1.54, 1.807) is 6.92 Å². The molecule has 10 nitrogen and oxygen atoms in total. The van der Waals surface area contributed by atoms with Crippen molar-refractivity contribution in [2.75, 3.05) is 23.9 Å². The summed E-state index contributed by atoms with van der Waals surface area (Å²) >= 11 is 5.64. The van der Waals surface area contributed by atoms with E-state index in [1.807, 2.05) is 0 Å². The quantitative estimate of drug-likeness (QED) is 0.242. The molecule has 0 saturated carbocycles. The Morgan fingerprint density at radius 3 is 2.07 bits per heavy atom. The fourth-order valence-corrected chi connectivity index (χ4v) is 4.79. The van der Waals surface area contributed by atoms with Crippen molar-refractivity contribution >= 4 is 52.5 Å². The van der Waals surface area contributed by atoms with E-state index in [4.69, 9.17) is 17.0 Å². The smallest absolute Gasteiger partial charge is 0.465 e. The molecule has 230 valence electrons. The van der Waals surface area contributed by atoms with Crippen LogP contribution in [-0.4, -0.2) is 59.9 Å². The number of ether oxygens (including phenoxy) is 3. The van der Waals surface area contributed by atoms with Crippen molar-refractivity contribution in [3.63, 3.8) is 0 Å². The lowest BCUT2D eigenvalue weighted by Gasteiger charge is -2.24. The van der Waals surface area contributed by atoms with Crippen molar-refractivity contribution in [2.45, 2.75) is 32.3 Å². The van der Waals surface area contributed by atoms with Crippen LogP contribution in [0.4, 0.5) is 24.5 Å². The lowest BCUT2D eigenvalue weighted by molar-refractivity contribution is -0.274. The highest BCUT2D eigenvalue weighted by atomic mass is 32.1. The van der Waals surface area contributed by atoms with E-state index >= 15 is 0 Å². The molecule has 2 amide bonds. The molecule has 3 aromatic rings. The minimum atomic E-state index is -4.86. The van der Waals surface area contributed by atoms with Gasteiger partial charge in [0, 0.05) is 12.2 Å². The van der Waals surface area contributed by atoms with Gasteiger partial charge < -0.3 is 24.4 Å². The Kier molecular flexibility index (Phi) is 9.83. The van der Waals surface area contributed by atoms with Gasteiger partial charge in [0.05, 0.1) is 37.0 Å². The minimum absolute atomic E-state index is 0.0138. The topological polar surface area (TPSA) is 114 Å². The Hall–Kier alpha value is -4.98. The van der Waals surface area contributed by atoms with E-state index in [9.17, 15) is 32.3 Å². The van der Waals surface area contributed by atoms with Gasteiger partial charge in [-0.3, -0.25) is 14.5 Å². The lowest BCUT2D eigenvalue weighted by atomic mass is 10.1. The normalized spacial score (nSPS) is 14.8. The van der Waals surface area contributed by atoms with Crippen LogP contribution in [0.25, 0.3) is 0 Å². The van der Waals surface area contributed by atoms with Gasteiger partial charge >= 0.3 is 18.3 Å². The van der Waals surface area contributed by atoms with Crippen LogP contribution in [-0.2, 0) is 25.6 Å². The zero-order valence-electron chi connectivity index (χ0n) is 23.4. The molecule has 4 rings (SSSR count). The van der Waals surface area contributed by atoms with Crippen LogP contribution in [0.2, 0.25) is 0 Å². The zero-order chi connectivity index (χ0) is 32.0. The first kappa shape index (κ1) is 31.9. The van der Waals surface area contributed by atoms with Crippen LogP contribution in [0.5, 0.6) is 5.75 Å². The van der Waals surface area contributed by atoms with Crippen LogP contribution in [0.3, 0.4) is 0 Å². The van der Waals surface area contributed by atoms with Crippen LogP contribution in [0.15, 0.2) is 72.8 Å². The number of anilines is 2. The largest absolute Gasteiger partial charge is 0.573 e. The summed E-state index contributed by atoms with van der Waals surface area (Å²) in [6, 6.07) is 15.9. The number of carbonyl (C=O) groups is 4. The van der Waals surface area contributed by atoms with Crippen molar-refractivity contribution in [1.82, 2.24) is 4.90 Å². The average molecular weight is 630 g/mol. The molecule has 1 heterocycles. The van der Waals surface area contributed by atoms with E-state index in [-0.39, 0.29) is 35.8 Å². The molecule has 44 heavy (non-hydrogen) atoms. The molecule has 1 saturated heterocycles. The van der Waals surface area contributed by atoms with Crippen molar-refractivity contribution in [3.05, 3.63) is 89.5 Å². The molecule has 1 atom stereocenters. The number of hydrogen-bond donors (Lipinski definition) is 1. The van der Waals surface area contributed by atoms with Crippen molar-refractivity contribution < 1.29 is 46.6 Å². The van der Waals surface area contributed by atoms with Crippen molar-refractivity contribution in [3.8, 4) is 5.75 Å². The molecule has 0 spiro atoms. The van der Waals surface area contributed by atoms with Gasteiger partial charge in [-0.2, -0.15) is 0 Å². The van der Waals surface area contributed by atoms with E-state index in [1.165, 1.54) is 77.6 Å². The number of alkyl halides is 3. The number of nitrogens with zero attached hydrogens (tertiary/aromatic N) is 2. The third-order valence-electron chi connectivity index (χ3n) is 6.43. The third-order valence-corrected chi connectivity index (χ3v) is 6.85. The number of esters is 2. The fourth-order valence-electron chi connectivity index (χ4n) is 4.40.